The molecule has 2 rings (SSSR count). The van der Waals surface area contributed by atoms with Gasteiger partial charge in [0, 0.05) is 5.56 Å². The number of carbonyl (C=O) groups is 1. The van der Waals surface area contributed by atoms with Crippen molar-refractivity contribution in [3.8, 4) is 0 Å². The van der Waals surface area contributed by atoms with Crippen molar-refractivity contribution in [2.75, 3.05) is 0 Å². The van der Waals surface area contributed by atoms with Crippen LogP contribution in [0.15, 0.2) is 52.4 Å². The second kappa shape index (κ2) is 5.07. The summed E-state index contributed by atoms with van der Waals surface area (Å²) >= 11 is 0. The average Bonchev–Trinajstić information content (AvgIpc) is 2.82. The topological polar surface area (TPSA) is 54.6 Å². The number of hydrogen-bond donors (Lipinski definition) is 1. The molecule has 0 saturated heterocycles. The van der Waals surface area contributed by atoms with Gasteiger partial charge in [-0.2, -0.15) is 5.10 Å². The standard InChI is InChI=1S/C12H9FN2O2/c13-11-4-2-1-3-10(11)12(16)15-14-7-9-5-6-17-8-9/h1-8H,(H,15,16)/b14-7-. The fourth-order valence-electron chi connectivity index (χ4n) is 1.22. The molecule has 1 heterocycles. The Morgan fingerprint density at radius 3 is 2.88 bits per heavy atom. The zero-order chi connectivity index (χ0) is 12.1. The van der Waals surface area contributed by atoms with Gasteiger partial charge in [-0.05, 0) is 18.2 Å². The third-order valence-electron chi connectivity index (χ3n) is 2.04. The zero-order valence-corrected chi connectivity index (χ0v) is 8.76. The summed E-state index contributed by atoms with van der Waals surface area (Å²) in [5, 5.41) is 3.68. The SMILES string of the molecule is O=C(N/N=C\c1ccoc1)c1ccccc1F. The maximum atomic E-state index is 13.2. The third-order valence-corrected chi connectivity index (χ3v) is 2.04. The Kier molecular flexibility index (Phi) is 3.30. The number of rotatable bonds is 3. The molecule has 1 aromatic heterocycles. The van der Waals surface area contributed by atoms with E-state index in [2.05, 4.69) is 10.5 Å². The van der Waals surface area contributed by atoms with E-state index in [1.807, 2.05) is 0 Å². The lowest BCUT2D eigenvalue weighted by molar-refractivity contribution is 0.0951. The molecule has 4 nitrogen and oxygen atoms in total. The molecular weight excluding hydrogens is 223 g/mol. The lowest BCUT2D eigenvalue weighted by atomic mass is 10.2. The van der Waals surface area contributed by atoms with E-state index in [1.54, 1.807) is 12.1 Å². The number of carbonyl (C=O) groups excluding carboxylic acids is 1. The van der Waals surface area contributed by atoms with Crippen LogP contribution in [0.5, 0.6) is 0 Å². The Morgan fingerprint density at radius 2 is 2.18 bits per heavy atom. The number of halogens is 1. The summed E-state index contributed by atoms with van der Waals surface area (Å²) in [7, 11) is 0. The molecule has 1 aromatic carbocycles. The van der Waals surface area contributed by atoms with Crippen LogP contribution >= 0.6 is 0 Å². The summed E-state index contributed by atoms with van der Waals surface area (Å²) in [6.07, 6.45) is 4.36. The zero-order valence-electron chi connectivity index (χ0n) is 8.76. The first kappa shape index (κ1) is 11.1. The largest absolute Gasteiger partial charge is 0.472 e. The molecule has 0 bridgehead atoms. The van der Waals surface area contributed by atoms with Crippen molar-refractivity contribution >= 4 is 12.1 Å². The van der Waals surface area contributed by atoms with Crippen molar-refractivity contribution in [1.29, 1.82) is 0 Å². The minimum absolute atomic E-state index is 0.0446. The van der Waals surface area contributed by atoms with Crippen molar-refractivity contribution in [2.45, 2.75) is 0 Å². The van der Waals surface area contributed by atoms with E-state index in [0.717, 1.165) is 0 Å². The van der Waals surface area contributed by atoms with Gasteiger partial charge in [-0.3, -0.25) is 4.79 Å². The number of benzene rings is 1. The highest BCUT2D eigenvalue weighted by Crippen LogP contribution is 2.05. The Bertz CT molecular complexity index is 535. The fraction of sp³-hybridized carbons (Fsp3) is 0. The van der Waals surface area contributed by atoms with Crippen molar-refractivity contribution in [2.24, 2.45) is 5.10 Å². The molecule has 2 aromatic rings. The van der Waals surface area contributed by atoms with E-state index >= 15 is 0 Å². The van der Waals surface area contributed by atoms with Crippen LogP contribution in [0.3, 0.4) is 0 Å². The molecular formula is C12H9FN2O2. The molecule has 0 aliphatic rings. The highest BCUT2D eigenvalue weighted by molar-refractivity contribution is 5.95. The van der Waals surface area contributed by atoms with Crippen molar-refractivity contribution in [1.82, 2.24) is 5.43 Å². The van der Waals surface area contributed by atoms with Gasteiger partial charge in [0.15, 0.2) is 0 Å². The summed E-state index contributed by atoms with van der Waals surface area (Å²) in [4.78, 5) is 11.5. The molecule has 86 valence electrons. The monoisotopic (exact) mass is 232 g/mol. The smallest absolute Gasteiger partial charge is 0.274 e. The summed E-state index contributed by atoms with van der Waals surface area (Å²) in [6.45, 7) is 0. The molecule has 17 heavy (non-hydrogen) atoms. The molecule has 1 amide bonds. The summed E-state index contributed by atoms with van der Waals surface area (Å²) in [5.74, 6) is -1.17. The lowest BCUT2D eigenvalue weighted by Crippen LogP contribution is -2.18. The quantitative estimate of drug-likeness (QED) is 0.651. The van der Waals surface area contributed by atoms with Crippen LogP contribution in [0, 0.1) is 5.82 Å². The van der Waals surface area contributed by atoms with Gasteiger partial charge in [0.1, 0.15) is 5.82 Å². The van der Waals surface area contributed by atoms with Crippen LogP contribution < -0.4 is 5.43 Å². The molecule has 0 aliphatic carbocycles. The van der Waals surface area contributed by atoms with Gasteiger partial charge >= 0.3 is 0 Å². The number of hydrogen-bond acceptors (Lipinski definition) is 3. The molecule has 0 atom stereocenters. The number of hydrazone groups is 1. The number of nitrogens with zero attached hydrogens (tertiary/aromatic N) is 1. The first-order chi connectivity index (χ1) is 8.27. The van der Waals surface area contributed by atoms with Crippen LogP contribution in [0.25, 0.3) is 0 Å². The predicted octanol–water partition coefficient (Wildman–Crippen LogP) is 2.18. The third kappa shape index (κ3) is 2.78. The molecule has 1 N–H and O–H groups in total. The molecule has 0 radical (unpaired) electrons. The number of furan rings is 1. The van der Waals surface area contributed by atoms with Gasteiger partial charge in [0.05, 0.1) is 24.3 Å². The summed E-state index contributed by atoms with van der Waals surface area (Å²) in [6, 6.07) is 7.38. The highest BCUT2D eigenvalue weighted by Gasteiger charge is 2.08. The fourth-order valence-corrected chi connectivity index (χ4v) is 1.22. The minimum atomic E-state index is -0.595. The first-order valence-corrected chi connectivity index (χ1v) is 4.87. The molecule has 5 heteroatoms. The predicted molar refractivity (Wildman–Crippen MR) is 60.2 cm³/mol. The second-order valence-corrected chi connectivity index (χ2v) is 3.24. The maximum Gasteiger partial charge on any atom is 0.274 e. The molecule has 0 saturated carbocycles. The van der Waals surface area contributed by atoms with Crippen molar-refractivity contribution < 1.29 is 13.6 Å². The van der Waals surface area contributed by atoms with E-state index in [-0.39, 0.29) is 5.56 Å². The van der Waals surface area contributed by atoms with E-state index in [1.165, 1.54) is 36.9 Å². The van der Waals surface area contributed by atoms with Gasteiger partial charge in [-0.15, -0.1) is 0 Å². The van der Waals surface area contributed by atoms with Gasteiger partial charge in [0.2, 0.25) is 0 Å². The van der Waals surface area contributed by atoms with E-state index in [4.69, 9.17) is 4.42 Å². The van der Waals surface area contributed by atoms with E-state index in [0.29, 0.717) is 5.56 Å². The van der Waals surface area contributed by atoms with Crippen molar-refractivity contribution in [3.63, 3.8) is 0 Å². The van der Waals surface area contributed by atoms with E-state index in [9.17, 15) is 9.18 Å². The summed E-state index contributed by atoms with van der Waals surface area (Å²) in [5.41, 5.74) is 2.89. The van der Waals surface area contributed by atoms with Gasteiger partial charge in [-0.1, -0.05) is 12.1 Å². The van der Waals surface area contributed by atoms with Crippen LogP contribution in [-0.4, -0.2) is 12.1 Å². The molecule has 0 spiro atoms. The molecule has 0 aliphatic heterocycles. The first-order valence-electron chi connectivity index (χ1n) is 4.87. The van der Waals surface area contributed by atoms with E-state index < -0.39 is 11.7 Å². The lowest BCUT2D eigenvalue weighted by Gasteiger charge is -2.00. The van der Waals surface area contributed by atoms with Gasteiger partial charge in [0.25, 0.3) is 5.91 Å². The Hall–Kier alpha value is -2.43. The number of amides is 1. The van der Waals surface area contributed by atoms with Crippen molar-refractivity contribution in [3.05, 3.63) is 59.8 Å². The molecule has 0 unspecified atom stereocenters. The Labute approximate surface area is 96.8 Å². The maximum absolute atomic E-state index is 13.2. The van der Waals surface area contributed by atoms with Crippen LogP contribution in [0.2, 0.25) is 0 Å². The van der Waals surface area contributed by atoms with Gasteiger partial charge in [-0.25, -0.2) is 9.82 Å². The highest BCUT2D eigenvalue weighted by atomic mass is 19.1. The minimum Gasteiger partial charge on any atom is -0.472 e. The van der Waals surface area contributed by atoms with Crippen LogP contribution in [0.4, 0.5) is 4.39 Å². The van der Waals surface area contributed by atoms with Crippen LogP contribution in [0.1, 0.15) is 15.9 Å². The van der Waals surface area contributed by atoms with Crippen LogP contribution in [-0.2, 0) is 0 Å². The normalized spacial score (nSPS) is 10.6. The second-order valence-electron chi connectivity index (χ2n) is 3.24. The Morgan fingerprint density at radius 1 is 1.35 bits per heavy atom. The summed E-state index contributed by atoms with van der Waals surface area (Å²) < 4.78 is 18.0. The Balaban J connectivity index is 2.01. The molecule has 0 fully saturated rings. The number of nitrogens with one attached hydrogen (secondary N) is 1. The van der Waals surface area contributed by atoms with Gasteiger partial charge < -0.3 is 4.42 Å². The average molecular weight is 232 g/mol.